The summed E-state index contributed by atoms with van der Waals surface area (Å²) in [5.41, 5.74) is -0.695. The van der Waals surface area contributed by atoms with E-state index in [0.29, 0.717) is 22.3 Å². The van der Waals surface area contributed by atoms with Crippen molar-refractivity contribution >= 4 is 28.7 Å². The van der Waals surface area contributed by atoms with Gasteiger partial charge in [0.1, 0.15) is 5.75 Å². The molecule has 9 heteroatoms. The largest absolute Gasteiger partial charge is 0.497 e. The van der Waals surface area contributed by atoms with E-state index >= 15 is 0 Å². The Morgan fingerprint density at radius 3 is 2.58 bits per heavy atom. The molecule has 33 heavy (non-hydrogen) atoms. The standard InChI is InChI=1S/C24H21N3O6/c1-3-33-21(29)16-6-4-15(5-7-16)10-11-24(22(30)25-23(31)26-24)14-27-13-17-8-9-18(32-2)12-19(17)20(27)28/h4-9,12-13,28H,3,14H2,1-2H3,(H2,25,26,30,31)/t24-/m1/s1. The van der Waals surface area contributed by atoms with E-state index in [-0.39, 0.29) is 19.0 Å². The highest BCUT2D eigenvalue weighted by molar-refractivity contribution is 6.09. The Bertz CT molecular complexity index is 1320. The average Bonchev–Trinajstić information content (AvgIpc) is 3.27. The van der Waals surface area contributed by atoms with Crippen molar-refractivity contribution in [2.75, 3.05) is 13.7 Å². The molecule has 1 aliphatic rings. The molecule has 1 atom stereocenters. The Labute approximate surface area is 189 Å². The lowest BCUT2D eigenvalue weighted by Crippen LogP contribution is -2.49. The van der Waals surface area contributed by atoms with Gasteiger partial charge in [0.25, 0.3) is 5.91 Å². The van der Waals surface area contributed by atoms with Crippen LogP contribution in [-0.4, -0.2) is 46.8 Å². The Morgan fingerprint density at radius 1 is 1.18 bits per heavy atom. The first-order chi connectivity index (χ1) is 15.8. The molecule has 0 bridgehead atoms. The Balaban J connectivity index is 1.67. The van der Waals surface area contributed by atoms with E-state index in [1.165, 1.54) is 11.7 Å². The lowest BCUT2D eigenvalue weighted by molar-refractivity contribution is -0.122. The number of methoxy groups -OCH3 is 1. The summed E-state index contributed by atoms with van der Waals surface area (Å²) in [5.74, 6) is 5.14. The molecule has 0 unspecified atom stereocenters. The van der Waals surface area contributed by atoms with Gasteiger partial charge < -0.3 is 24.5 Å². The van der Waals surface area contributed by atoms with Gasteiger partial charge in [-0.05, 0) is 49.4 Å². The van der Waals surface area contributed by atoms with Crippen LogP contribution in [0.25, 0.3) is 10.8 Å². The number of ether oxygens (including phenoxy) is 2. The Morgan fingerprint density at radius 2 is 1.94 bits per heavy atom. The van der Waals surface area contributed by atoms with Gasteiger partial charge in [0, 0.05) is 22.5 Å². The van der Waals surface area contributed by atoms with E-state index in [2.05, 4.69) is 22.5 Å². The molecule has 0 spiro atoms. The molecular formula is C24H21N3O6. The molecule has 0 radical (unpaired) electrons. The summed E-state index contributed by atoms with van der Waals surface area (Å²) in [5, 5.41) is 16.8. The van der Waals surface area contributed by atoms with Crippen LogP contribution in [0.4, 0.5) is 4.79 Å². The number of aromatic nitrogens is 1. The fourth-order valence-electron chi connectivity index (χ4n) is 3.54. The van der Waals surface area contributed by atoms with Gasteiger partial charge in [0.15, 0.2) is 5.88 Å². The number of imide groups is 1. The zero-order valence-corrected chi connectivity index (χ0v) is 18.0. The number of rotatable bonds is 5. The van der Waals surface area contributed by atoms with Gasteiger partial charge in [-0.1, -0.05) is 11.8 Å². The quantitative estimate of drug-likeness (QED) is 0.313. The summed E-state index contributed by atoms with van der Waals surface area (Å²) in [7, 11) is 1.53. The molecule has 1 fully saturated rings. The van der Waals surface area contributed by atoms with Gasteiger partial charge in [-0.15, -0.1) is 0 Å². The summed E-state index contributed by atoms with van der Waals surface area (Å²) in [6, 6.07) is 10.9. The number of amides is 3. The van der Waals surface area contributed by atoms with Crippen LogP contribution in [0.2, 0.25) is 0 Å². The van der Waals surface area contributed by atoms with Gasteiger partial charge in [0.2, 0.25) is 5.54 Å². The fraction of sp³-hybridized carbons (Fsp3) is 0.208. The van der Waals surface area contributed by atoms with Crippen LogP contribution in [0.15, 0.2) is 48.7 Å². The second-order valence-corrected chi connectivity index (χ2v) is 7.40. The van der Waals surface area contributed by atoms with E-state index < -0.39 is 23.4 Å². The van der Waals surface area contributed by atoms with Crippen LogP contribution in [0.1, 0.15) is 22.8 Å². The summed E-state index contributed by atoms with van der Waals surface area (Å²) in [6.45, 7) is 1.87. The first-order valence-electron chi connectivity index (χ1n) is 10.1. The second-order valence-electron chi connectivity index (χ2n) is 7.40. The molecule has 9 nitrogen and oxygen atoms in total. The van der Waals surface area contributed by atoms with Crippen molar-refractivity contribution in [2.24, 2.45) is 0 Å². The highest BCUT2D eigenvalue weighted by Crippen LogP contribution is 2.32. The molecule has 2 aromatic carbocycles. The summed E-state index contributed by atoms with van der Waals surface area (Å²) < 4.78 is 11.6. The first kappa shape index (κ1) is 21.8. The molecule has 0 saturated carbocycles. The minimum Gasteiger partial charge on any atom is -0.497 e. The normalized spacial score (nSPS) is 17.2. The SMILES string of the molecule is CCOC(=O)c1ccc(C#C[C@]2(Cn3cc4ccc(OC)cc4c3O)NC(=O)NC2=O)cc1. The maximum atomic E-state index is 12.7. The lowest BCUT2D eigenvalue weighted by Gasteiger charge is -2.20. The molecular weight excluding hydrogens is 426 g/mol. The predicted molar refractivity (Wildman–Crippen MR) is 119 cm³/mol. The molecule has 2 heterocycles. The molecule has 1 saturated heterocycles. The van der Waals surface area contributed by atoms with Crippen molar-refractivity contribution in [3.05, 3.63) is 59.8 Å². The Hall–Kier alpha value is -4.45. The first-order valence-corrected chi connectivity index (χ1v) is 10.1. The molecule has 3 N–H and O–H groups in total. The molecule has 4 rings (SSSR count). The Kier molecular flexibility index (Phi) is 5.67. The second kappa shape index (κ2) is 8.59. The van der Waals surface area contributed by atoms with E-state index in [9.17, 15) is 19.5 Å². The smallest absolute Gasteiger partial charge is 0.338 e. The maximum absolute atomic E-state index is 12.7. The van der Waals surface area contributed by atoms with Gasteiger partial charge >= 0.3 is 12.0 Å². The highest BCUT2D eigenvalue weighted by atomic mass is 16.5. The van der Waals surface area contributed by atoms with Gasteiger partial charge in [0.05, 0.1) is 25.8 Å². The predicted octanol–water partition coefficient (Wildman–Crippen LogP) is 2.16. The number of hydrogen-bond donors (Lipinski definition) is 3. The molecule has 3 amide bonds. The van der Waals surface area contributed by atoms with Crippen molar-refractivity contribution in [2.45, 2.75) is 19.0 Å². The van der Waals surface area contributed by atoms with E-state index in [4.69, 9.17) is 9.47 Å². The molecule has 0 aliphatic carbocycles. The van der Waals surface area contributed by atoms with Gasteiger partial charge in [-0.3, -0.25) is 10.1 Å². The number of esters is 1. The van der Waals surface area contributed by atoms with Crippen molar-refractivity contribution < 1.29 is 29.0 Å². The summed E-state index contributed by atoms with van der Waals surface area (Å²) in [4.78, 5) is 36.5. The third-order valence-corrected chi connectivity index (χ3v) is 5.23. The third-order valence-electron chi connectivity index (χ3n) is 5.23. The molecule has 1 aliphatic heterocycles. The zero-order chi connectivity index (χ0) is 23.6. The molecule has 3 aromatic rings. The van der Waals surface area contributed by atoms with E-state index in [1.807, 2.05) is 0 Å². The van der Waals surface area contributed by atoms with Crippen molar-refractivity contribution in [3.63, 3.8) is 0 Å². The highest BCUT2D eigenvalue weighted by Gasteiger charge is 2.46. The summed E-state index contributed by atoms with van der Waals surface area (Å²) in [6.07, 6.45) is 1.67. The number of fused-ring (bicyclic) bond motifs is 1. The topological polar surface area (TPSA) is 119 Å². The molecule has 168 valence electrons. The van der Waals surface area contributed by atoms with Crippen molar-refractivity contribution in [3.8, 4) is 23.5 Å². The van der Waals surface area contributed by atoms with Crippen LogP contribution in [0.3, 0.4) is 0 Å². The average molecular weight is 447 g/mol. The van der Waals surface area contributed by atoms with Crippen molar-refractivity contribution in [1.82, 2.24) is 15.2 Å². The minimum atomic E-state index is -1.60. The summed E-state index contributed by atoms with van der Waals surface area (Å²) >= 11 is 0. The number of benzene rings is 2. The lowest BCUT2D eigenvalue weighted by atomic mass is 9.99. The zero-order valence-electron chi connectivity index (χ0n) is 18.0. The number of carbonyl (C=O) groups is 3. The van der Waals surface area contributed by atoms with Crippen LogP contribution in [0, 0.1) is 11.8 Å². The van der Waals surface area contributed by atoms with Crippen LogP contribution < -0.4 is 15.4 Å². The number of hydrogen-bond acceptors (Lipinski definition) is 6. The van der Waals surface area contributed by atoms with E-state index in [1.54, 1.807) is 55.6 Å². The monoisotopic (exact) mass is 447 g/mol. The maximum Gasteiger partial charge on any atom is 0.338 e. The minimum absolute atomic E-state index is 0.0854. The van der Waals surface area contributed by atoms with Crippen LogP contribution in [0.5, 0.6) is 11.6 Å². The van der Waals surface area contributed by atoms with Crippen molar-refractivity contribution in [1.29, 1.82) is 0 Å². The fourth-order valence-corrected chi connectivity index (χ4v) is 3.54. The number of nitrogens with one attached hydrogen (secondary N) is 2. The number of nitrogens with zero attached hydrogens (tertiary/aromatic N) is 1. The van der Waals surface area contributed by atoms with Crippen LogP contribution >= 0.6 is 0 Å². The third kappa shape index (κ3) is 4.19. The van der Waals surface area contributed by atoms with Crippen LogP contribution in [-0.2, 0) is 16.1 Å². The molecule has 1 aromatic heterocycles. The number of aromatic hydroxyl groups is 1. The van der Waals surface area contributed by atoms with Gasteiger partial charge in [-0.25, -0.2) is 9.59 Å². The van der Waals surface area contributed by atoms with Gasteiger partial charge in [-0.2, -0.15) is 0 Å². The van der Waals surface area contributed by atoms with E-state index in [0.717, 1.165) is 5.39 Å². The number of urea groups is 1. The number of carbonyl (C=O) groups excluding carboxylic acids is 3.